The van der Waals surface area contributed by atoms with E-state index in [0.717, 1.165) is 6.34 Å². The van der Waals surface area contributed by atoms with Crippen LogP contribution in [0.15, 0.2) is 27.5 Å². The van der Waals surface area contributed by atoms with Gasteiger partial charge in [-0.1, -0.05) is 11.6 Å². The van der Waals surface area contributed by atoms with Crippen molar-refractivity contribution in [1.82, 2.24) is 0 Å². The predicted molar refractivity (Wildman–Crippen MR) is 50.8 cm³/mol. The second-order valence-corrected chi connectivity index (χ2v) is 4.53. The number of hydrogen-bond acceptors (Lipinski definition) is 3. The Kier molecular flexibility index (Phi) is 1.78. The lowest BCUT2D eigenvalue weighted by molar-refractivity contribution is 0.598. The van der Waals surface area contributed by atoms with E-state index in [1.54, 1.807) is 12.1 Å². The quantitative estimate of drug-likeness (QED) is 0.715. The summed E-state index contributed by atoms with van der Waals surface area (Å²) in [6, 6.07) is 4.58. The van der Waals surface area contributed by atoms with E-state index in [0.29, 0.717) is 10.7 Å². The van der Waals surface area contributed by atoms with E-state index in [4.69, 9.17) is 11.6 Å². The molecular formula is C7H5ClN2O2S. The third-order valence-electron chi connectivity index (χ3n) is 1.63. The Morgan fingerprint density at radius 1 is 1.38 bits per heavy atom. The lowest BCUT2D eigenvalue weighted by Crippen LogP contribution is -2.11. The van der Waals surface area contributed by atoms with Gasteiger partial charge in [-0.15, -0.1) is 4.40 Å². The molecule has 1 N–H and O–H groups in total. The van der Waals surface area contributed by atoms with Gasteiger partial charge < -0.3 is 5.32 Å². The summed E-state index contributed by atoms with van der Waals surface area (Å²) in [4.78, 5) is 0.113. The zero-order valence-corrected chi connectivity index (χ0v) is 7.93. The molecule has 0 amide bonds. The molecule has 1 aromatic rings. The fourth-order valence-electron chi connectivity index (χ4n) is 1.05. The van der Waals surface area contributed by atoms with Crippen LogP contribution in [0.2, 0.25) is 5.02 Å². The molecule has 13 heavy (non-hydrogen) atoms. The zero-order valence-electron chi connectivity index (χ0n) is 6.36. The van der Waals surface area contributed by atoms with Crippen molar-refractivity contribution in [3.63, 3.8) is 0 Å². The van der Waals surface area contributed by atoms with Crippen molar-refractivity contribution in [1.29, 1.82) is 0 Å². The molecule has 0 radical (unpaired) electrons. The van der Waals surface area contributed by atoms with Crippen molar-refractivity contribution in [2.45, 2.75) is 4.90 Å². The topological polar surface area (TPSA) is 58.5 Å². The number of rotatable bonds is 0. The van der Waals surface area contributed by atoms with E-state index in [9.17, 15) is 8.42 Å². The number of benzene rings is 1. The second-order valence-electron chi connectivity index (χ2n) is 2.49. The predicted octanol–water partition coefficient (Wildman–Crippen LogP) is 1.48. The summed E-state index contributed by atoms with van der Waals surface area (Å²) in [6.45, 7) is 0. The maximum Gasteiger partial charge on any atom is 0.285 e. The van der Waals surface area contributed by atoms with Crippen LogP contribution in [0.1, 0.15) is 0 Å². The number of anilines is 1. The van der Waals surface area contributed by atoms with Gasteiger partial charge in [-0.2, -0.15) is 8.42 Å². The highest BCUT2D eigenvalue weighted by molar-refractivity contribution is 7.90. The maximum absolute atomic E-state index is 11.3. The fourth-order valence-corrected chi connectivity index (χ4v) is 2.27. The Hall–Kier alpha value is -1.07. The van der Waals surface area contributed by atoms with Gasteiger partial charge in [0, 0.05) is 5.02 Å². The first-order valence-corrected chi connectivity index (χ1v) is 5.26. The van der Waals surface area contributed by atoms with Crippen LogP contribution in [-0.4, -0.2) is 14.8 Å². The Labute approximate surface area is 80.3 Å². The van der Waals surface area contributed by atoms with Crippen LogP contribution in [0.5, 0.6) is 0 Å². The summed E-state index contributed by atoms with van der Waals surface area (Å²) in [6.07, 6.45) is 1.14. The molecule has 0 saturated carbocycles. The third-order valence-corrected chi connectivity index (χ3v) is 3.14. The van der Waals surface area contributed by atoms with Crippen molar-refractivity contribution in [3.05, 3.63) is 23.2 Å². The van der Waals surface area contributed by atoms with Crippen LogP contribution in [0.3, 0.4) is 0 Å². The molecule has 0 saturated heterocycles. The van der Waals surface area contributed by atoms with Gasteiger partial charge in [-0.3, -0.25) is 0 Å². The van der Waals surface area contributed by atoms with Crippen molar-refractivity contribution in [2.75, 3.05) is 5.32 Å². The molecule has 0 unspecified atom stereocenters. The number of fused-ring (bicyclic) bond motifs is 1. The van der Waals surface area contributed by atoms with Crippen molar-refractivity contribution in [3.8, 4) is 0 Å². The highest BCUT2D eigenvalue weighted by atomic mass is 35.5. The SMILES string of the molecule is O=S1(=O)N=CNc2ccc(Cl)cc21. The van der Waals surface area contributed by atoms with Crippen molar-refractivity contribution >= 4 is 33.7 Å². The molecule has 0 bridgehead atoms. The molecule has 0 spiro atoms. The normalized spacial score (nSPS) is 17.6. The number of nitrogens with zero attached hydrogens (tertiary/aromatic N) is 1. The number of sulfonamides is 1. The molecule has 0 atom stereocenters. The van der Waals surface area contributed by atoms with Gasteiger partial charge in [0.05, 0.1) is 5.69 Å². The minimum absolute atomic E-state index is 0.113. The third kappa shape index (κ3) is 1.40. The van der Waals surface area contributed by atoms with Gasteiger partial charge in [0.15, 0.2) is 0 Å². The minimum Gasteiger partial charge on any atom is -0.345 e. The highest BCUT2D eigenvalue weighted by Crippen LogP contribution is 2.28. The van der Waals surface area contributed by atoms with Crippen LogP contribution in [0, 0.1) is 0 Å². The first kappa shape index (κ1) is 8.52. The van der Waals surface area contributed by atoms with E-state index < -0.39 is 10.0 Å². The number of halogens is 1. The maximum atomic E-state index is 11.3. The van der Waals surface area contributed by atoms with Crippen molar-refractivity contribution < 1.29 is 8.42 Å². The average Bonchev–Trinajstić information content (AvgIpc) is 2.06. The first-order valence-electron chi connectivity index (χ1n) is 3.44. The molecule has 2 rings (SSSR count). The molecule has 1 heterocycles. The highest BCUT2D eigenvalue weighted by Gasteiger charge is 2.20. The van der Waals surface area contributed by atoms with E-state index in [2.05, 4.69) is 9.71 Å². The molecule has 1 aliphatic heterocycles. The van der Waals surface area contributed by atoms with Crippen molar-refractivity contribution in [2.24, 2.45) is 4.40 Å². The molecule has 0 aliphatic carbocycles. The molecule has 6 heteroatoms. The van der Waals surface area contributed by atoms with Gasteiger partial charge in [0.25, 0.3) is 10.0 Å². The molecule has 68 valence electrons. The Balaban J connectivity index is 2.74. The van der Waals surface area contributed by atoms with Gasteiger partial charge in [-0.05, 0) is 18.2 Å². The first-order chi connectivity index (χ1) is 6.09. The monoisotopic (exact) mass is 216 g/mol. The average molecular weight is 217 g/mol. The summed E-state index contributed by atoms with van der Waals surface area (Å²) in [5.74, 6) is 0. The summed E-state index contributed by atoms with van der Waals surface area (Å²) >= 11 is 5.66. The zero-order chi connectivity index (χ0) is 9.47. The standard InChI is InChI=1S/C7H5ClN2O2S/c8-5-1-2-6-7(3-5)13(11,12)10-4-9-6/h1-4H,(H,9,10). The van der Waals surface area contributed by atoms with E-state index >= 15 is 0 Å². The van der Waals surface area contributed by atoms with Gasteiger partial charge >= 0.3 is 0 Å². The van der Waals surface area contributed by atoms with E-state index in [1.165, 1.54) is 6.07 Å². The van der Waals surface area contributed by atoms with E-state index in [-0.39, 0.29) is 4.90 Å². The molecule has 1 aromatic carbocycles. The largest absolute Gasteiger partial charge is 0.345 e. The van der Waals surface area contributed by atoms with Crippen LogP contribution >= 0.6 is 11.6 Å². The lowest BCUT2D eigenvalue weighted by atomic mass is 10.3. The minimum atomic E-state index is -3.54. The van der Waals surface area contributed by atoms with Gasteiger partial charge in [0.2, 0.25) is 0 Å². The molecule has 0 fully saturated rings. The molecular weight excluding hydrogens is 212 g/mol. The summed E-state index contributed by atoms with van der Waals surface area (Å²) in [5.41, 5.74) is 0.499. The summed E-state index contributed by atoms with van der Waals surface area (Å²) in [7, 11) is -3.54. The van der Waals surface area contributed by atoms with Crippen LogP contribution in [-0.2, 0) is 10.0 Å². The molecule has 4 nitrogen and oxygen atoms in total. The van der Waals surface area contributed by atoms with Crippen LogP contribution < -0.4 is 5.32 Å². The Bertz CT molecular complexity index is 481. The summed E-state index contributed by atoms with van der Waals surface area (Å²) < 4.78 is 26.0. The van der Waals surface area contributed by atoms with Crippen LogP contribution in [0.4, 0.5) is 5.69 Å². The Morgan fingerprint density at radius 3 is 2.92 bits per heavy atom. The Morgan fingerprint density at radius 2 is 2.15 bits per heavy atom. The number of nitrogens with one attached hydrogen (secondary N) is 1. The molecule has 0 aromatic heterocycles. The van der Waals surface area contributed by atoms with Crippen LogP contribution in [0.25, 0.3) is 0 Å². The second kappa shape index (κ2) is 2.71. The smallest absolute Gasteiger partial charge is 0.285 e. The van der Waals surface area contributed by atoms with Gasteiger partial charge in [0.1, 0.15) is 11.2 Å². The van der Waals surface area contributed by atoms with E-state index in [1.807, 2.05) is 0 Å². The summed E-state index contributed by atoms with van der Waals surface area (Å²) in [5, 5.41) is 3.09. The van der Waals surface area contributed by atoms with Gasteiger partial charge in [-0.25, -0.2) is 0 Å². The fraction of sp³-hybridized carbons (Fsp3) is 0. The lowest BCUT2D eigenvalue weighted by Gasteiger charge is -2.11. The molecule has 1 aliphatic rings. The number of hydrogen-bond donors (Lipinski definition) is 1.